The van der Waals surface area contributed by atoms with E-state index in [1.807, 2.05) is 18.9 Å². The Hall–Kier alpha value is -1.41. The van der Waals surface area contributed by atoms with Crippen molar-refractivity contribution < 1.29 is 14.6 Å². The zero-order valence-corrected chi connectivity index (χ0v) is 10.7. The smallest absolute Gasteiger partial charge is 0.124 e. The molecular weight excluding hydrogens is 233 g/mol. The van der Waals surface area contributed by atoms with E-state index in [2.05, 4.69) is 11.8 Å². The molecule has 0 spiro atoms. The third kappa shape index (κ3) is 4.11. The zero-order chi connectivity index (χ0) is 13.5. The van der Waals surface area contributed by atoms with Crippen LogP contribution in [-0.2, 0) is 6.54 Å². The number of hydrogen-bond acceptors (Lipinski definition) is 3. The van der Waals surface area contributed by atoms with Gasteiger partial charge in [0.25, 0.3) is 0 Å². The summed E-state index contributed by atoms with van der Waals surface area (Å²) < 4.78 is 13.2. The van der Waals surface area contributed by atoms with Gasteiger partial charge in [-0.3, -0.25) is 4.90 Å². The monoisotopic (exact) mass is 251 g/mol. The normalized spacial score (nSPS) is 12.1. The lowest BCUT2D eigenvalue weighted by molar-refractivity contribution is 0.154. The first-order valence-corrected chi connectivity index (χ1v) is 5.77. The van der Waals surface area contributed by atoms with Crippen LogP contribution in [0, 0.1) is 17.7 Å². The Morgan fingerprint density at radius 1 is 1.39 bits per heavy atom. The van der Waals surface area contributed by atoms with Crippen molar-refractivity contribution in [3.8, 4) is 11.8 Å². The van der Waals surface area contributed by atoms with Crippen molar-refractivity contribution in [2.75, 3.05) is 20.3 Å². The van der Waals surface area contributed by atoms with E-state index >= 15 is 0 Å². The van der Waals surface area contributed by atoms with Crippen LogP contribution in [0.1, 0.15) is 18.1 Å². The summed E-state index contributed by atoms with van der Waals surface area (Å²) in [6, 6.07) is 4.44. The van der Waals surface area contributed by atoms with Gasteiger partial charge >= 0.3 is 0 Å². The molecular formula is C14H18FNO2. The van der Waals surface area contributed by atoms with Gasteiger partial charge in [0.05, 0.1) is 6.61 Å². The molecule has 0 radical (unpaired) electrons. The third-order valence-corrected chi connectivity index (χ3v) is 2.81. The molecule has 18 heavy (non-hydrogen) atoms. The molecule has 1 atom stereocenters. The lowest BCUT2D eigenvalue weighted by atomic mass is 10.1. The largest absolute Gasteiger partial charge is 0.395 e. The maximum absolute atomic E-state index is 13.2. The number of nitrogens with zero attached hydrogens (tertiary/aromatic N) is 1. The van der Waals surface area contributed by atoms with Gasteiger partial charge in [-0.05, 0) is 31.7 Å². The SMILES string of the molecule is CC(CO)N(C)Cc1ccc(F)cc1C#CCO. The second kappa shape index (κ2) is 7.12. The van der Waals surface area contributed by atoms with E-state index in [-0.39, 0.29) is 25.1 Å². The minimum absolute atomic E-state index is 0.0219. The Morgan fingerprint density at radius 3 is 2.72 bits per heavy atom. The van der Waals surface area contributed by atoms with E-state index in [0.29, 0.717) is 12.1 Å². The minimum Gasteiger partial charge on any atom is -0.395 e. The van der Waals surface area contributed by atoms with Gasteiger partial charge in [0.1, 0.15) is 12.4 Å². The van der Waals surface area contributed by atoms with Gasteiger partial charge in [-0.15, -0.1) is 0 Å². The second-order valence-corrected chi connectivity index (χ2v) is 4.21. The number of hydrogen-bond donors (Lipinski definition) is 2. The van der Waals surface area contributed by atoms with Gasteiger partial charge < -0.3 is 10.2 Å². The fraction of sp³-hybridized carbons (Fsp3) is 0.429. The van der Waals surface area contributed by atoms with E-state index in [1.54, 1.807) is 6.07 Å². The number of benzene rings is 1. The van der Waals surface area contributed by atoms with Crippen molar-refractivity contribution >= 4 is 0 Å². The van der Waals surface area contributed by atoms with Crippen molar-refractivity contribution in [3.63, 3.8) is 0 Å². The molecule has 0 amide bonds. The van der Waals surface area contributed by atoms with Crippen molar-refractivity contribution in [2.24, 2.45) is 0 Å². The standard InChI is InChI=1S/C14H18FNO2/c1-11(10-18)16(2)9-13-5-6-14(15)8-12(13)4-3-7-17/h5-6,8,11,17-18H,7,9-10H2,1-2H3. The molecule has 1 rings (SSSR count). The average molecular weight is 251 g/mol. The van der Waals surface area contributed by atoms with Crippen LogP contribution in [0.2, 0.25) is 0 Å². The van der Waals surface area contributed by atoms with Gasteiger partial charge in [-0.1, -0.05) is 17.9 Å². The first-order valence-electron chi connectivity index (χ1n) is 5.77. The van der Waals surface area contributed by atoms with Crippen LogP contribution >= 0.6 is 0 Å². The Bertz CT molecular complexity index is 451. The summed E-state index contributed by atoms with van der Waals surface area (Å²) in [5.74, 6) is 4.91. The first kappa shape index (κ1) is 14.7. The fourth-order valence-electron chi connectivity index (χ4n) is 1.50. The molecule has 0 heterocycles. The van der Waals surface area contributed by atoms with Crippen LogP contribution in [0.25, 0.3) is 0 Å². The molecule has 2 N–H and O–H groups in total. The highest BCUT2D eigenvalue weighted by atomic mass is 19.1. The van der Waals surface area contributed by atoms with Crippen LogP contribution in [0.5, 0.6) is 0 Å². The van der Waals surface area contributed by atoms with Crippen LogP contribution < -0.4 is 0 Å². The number of halogens is 1. The predicted molar refractivity (Wildman–Crippen MR) is 68.4 cm³/mol. The van der Waals surface area contributed by atoms with Gasteiger partial charge in [0.15, 0.2) is 0 Å². The molecule has 0 aliphatic rings. The van der Waals surface area contributed by atoms with Crippen LogP contribution in [0.4, 0.5) is 4.39 Å². The predicted octanol–water partition coefficient (Wildman–Crippen LogP) is 0.982. The van der Waals surface area contributed by atoms with E-state index in [1.165, 1.54) is 12.1 Å². The highest BCUT2D eigenvalue weighted by Gasteiger charge is 2.10. The number of rotatable bonds is 4. The van der Waals surface area contributed by atoms with Gasteiger partial charge in [0.2, 0.25) is 0 Å². The lowest BCUT2D eigenvalue weighted by Crippen LogP contribution is -2.31. The summed E-state index contributed by atoms with van der Waals surface area (Å²) in [7, 11) is 1.88. The van der Waals surface area contributed by atoms with Gasteiger partial charge in [-0.25, -0.2) is 4.39 Å². The Kier molecular flexibility index (Phi) is 5.79. The maximum atomic E-state index is 13.2. The average Bonchev–Trinajstić information content (AvgIpc) is 2.37. The summed E-state index contributed by atoms with van der Waals surface area (Å²) in [4.78, 5) is 1.96. The fourth-order valence-corrected chi connectivity index (χ4v) is 1.50. The van der Waals surface area contributed by atoms with Crippen molar-refractivity contribution in [3.05, 3.63) is 35.1 Å². The highest BCUT2D eigenvalue weighted by Crippen LogP contribution is 2.13. The van der Waals surface area contributed by atoms with E-state index < -0.39 is 0 Å². The molecule has 3 nitrogen and oxygen atoms in total. The molecule has 0 aliphatic carbocycles. The van der Waals surface area contributed by atoms with Gasteiger partial charge in [0, 0.05) is 18.2 Å². The third-order valence-electron chi connectivity index (χ3n) is 2.81. The van der Waals surface area contributed by atoms with Crippen LogP contribution in [0.15, 0.2) is 18.2 Å². The molecule has 0 saturated heterocycles. The van der Waals surface area contributed by atoms with Crippen molar-refractivity contribution in [2.45, 2.75) is 19.5 Å². The summed E-state index contributed by atoms with van der Waals surface area (Å²) in [6.07, 6.45) is 0. The first-order chi connectivity index (χ1) is 8.58. The number of likely N-dealkylation sites (N-methyl/N-ethyl adjacent to an activating group) is 1. The summed E-state index contributed by atoms with van der Waals surface area (Å²) in [5, 5.41) is 17.8. The molecule has 0 aliphatic heterocycles. The Morgan fingerprint density at radius 2 is 2.11 bits per heavy atom. The molecule has 1 aromatic carbocycles. The van der Waals surface area contributed by atoms with E-state index in [4.69, 9.17) is 10.2 Å². The molecule has 1 unspecified atom stereocenters. The van der Waals surface area contributed by atoms with Crippen LogP contribution in [-0.4, -0.2) is 41.4 Å². The molecule has 0 aromatic heterocycles. The summed E-state index contributed by atoms with van der Waals surface area (Å²) >= 11 is 0. The summed E-state index contributed by atoms with van der Waals surface area (Å²) in [6.45, 7) is 2.29. The van der Waals surface area contributed by atoms with Crippen LogP contribution in [0.3, 0.4) is 0 Å². The quantitative estimate of drug-likeness (QED) is 0.784. The topological polar surface area (TPSA) is 43.7 Å². The van der Waals surface area contributed by atoms with Gasteiger partial charge in [-0.2, -0.15) is 0 Å². The van der Waals surface area contributed by atoms with Crippen molar-refractivity contribution in [1.82, 2.24) is 4.90 Å². The Balaban J connectivity index is 2.94. The zero-order valence-electron chi connectivity index (χ0n) is 10.7. The van der Waals surface area contributed by atoms with E-state index in [0.717, 1.165) is 5.56 Å². The number of aliphatic hydroxyl groups is 2. The molecule has 0 bridgehead atoms. The summed E-state index contributed by atoms with van der Waals surface area (Å²) in [5.41, 5.74) is 1.45. The molecule has 0 fully saturated rings. The van der Waals surface area contributed by atoms with Crippen molar-refractivity contribution in [1.29, 1.82) is 0 Å². The molecule has 4 heteroatoms. The molecule has 1 aromatic rings. The second-order valence-electron chi connectivity index (χ2n) is 4.21. The molecule has 98 valence electrons. The maximum Gasteiger partial charge on any atom is 0.124 e. The Labute approximate surface area is 107 Å². The highest BCUT2D eigenvalue weighted by molar-refractivity contribution is 5.41. The number of aliphatic hydroxyl groups excluding tert-OH is 2. The lowest BCUT2D eigenvalue weighted by Gasteiger charge is -2.23. The van der Waals surface area contributed by atoms with E-state index in [9.17, 15) is 4.39 Å². The molecule has 0 saturated carbocycles. The minimum atomic E-state index is -0.348.